The van der Waals surface area contributed by atoms with Gasteiger partial charge < -0.3 is 15.8 Å². The number of hydrogen-bond acceptors (Lipinski definition) is 6. The molecule has 2 amide bonds. The van der Waals surface area contributed by atoms with Crippen LogP contribution in [0.25, 0.3) is 10.2 Å². The predicted octanol–water partition coefficient (Wildman–Crippen LogP) is 2.21. The van der Waals surface area contributed by atoms with Crippen LogP contribution in [0.5, 0.6) is 5.75 Å². The molecule has 146 valence electrons. The topological polar surface area (TPSA) is 116 Å². The van der Waals surface area contributed by atoms with Crippen LogP contribution >= 0.6 is 11.3 Å². The first-order valence-corrected chi connectivity index (χ1v) is 9.38. The number of benzene rings is 1. The minimum Gasteiger partial charge on any atom is -0.495 e. The fraction of sp³-hybridized carbons (Fsp3) is 0.263. The summed E-state index contributed by atoms with van der Waals surface area (Å²) in [6, 6.07) is 7.08. The van der Waals surface area contributed by atoms with E-state index in [9.17, 15) is 14.4 Å². The summed E-state index contributed by atoms with van der Waals surface area (Å²) < 4.78 is 6.66. The number of thiophene rings is 1. The Morgan fingerprint density at radius 1 is 1.29 bits per heavy atom. The molecule has 0 unspecified atom stereocenters. The van der Waals surface area contributed by atoms with Gasteiger partial charge in [-0.3, -0.25) is 19.0 Å². The molecule has 3 N–H and O–H groups in total. The first-order chi connectivity index (χ1) is 13.3. The number of aromatic nitrogens is 2. The molecular weight excluding hydrogens is 380 g/mol. The lowest BCUT2D eigenvalue weighted by atomic mass is 10.2. The summed E-state index contributed by atoms with van der Waals surface area (Å²) in [5.74, 6) is 0.171. The zero-order valence-corrected chi connectivity index (χ0v) is 16.6. The quantitative estimate of drug-likeness (QED) is 0.658. The van der Waals surface area contributed by atoms with Crippen molar-refractivity contribution < 1.29 is 14.3 Å². The molecule has 0 aliphatic carbocycles. The van der Waals surface area contributed by atoms with E-state index in [0.717, 1.165) is 11.3 Å². The third-order valence-electron chi connectivity index (χ3n) is 4.38. The maximum absolute atomic E-state index is 12.9. The molecule has 0 bridgehead atoms. The predicted molar refractivity (Wildman–Crippen MR) is 108 cm³/mol. The number of methoxy groups -OCH3 is 1. The monoisotopic (exact) mass is 400 g/mol. The van der Waals surface area contributed by atoms with Crippen molar-refractivity contribution in [3.63, 3.8) is 0 Å². The fourth-order valence-corrected chi connectivity index (χ4v) is 4.06. The highest BCUT2D eigenvalue weighted by molar-refractivity contribution is 7.20. The van der Waals surface area contributed by atoms with Crippen molar-refractivity contribution in [3.05, 3.63) is 50.9 Å². The number of amides is 2. The largest absolute Gasteiger partial charge is 0.495 e. The number of nitrogens with two attached hydrogens (primary N) is 1. The van der Waals surface area contributed by atoms with E-state index in [1.807, 2.05) is 0 Å². The number of anilines is 1. The molecule has 0 radical (unpaired) electrons. The Bertz CT molecular complexity index is 1130. The number of hydrogen-bond donors (Lipinski definition) is 2. The Kier molecular flexibility index (Phi) is 5.46. The van der Waals surface area contributed by atoms with E-state index in [2.05, 4.69) is 10.3 Å². The van der Waals surface area contributed by atoms with Crippen LogP contribution in [0.1, 0.15) is 27.5 Å². The molecule has 1 aromatic carbocycles. The lowest BCUT2D eigenvalue weighted by Crippen LogP contribution is -2.26. The molecule has 0 fully saturated rings. The molecule has 0 atom stereocenters. The summed E-state index contributed by atoms with van der Waals surface area (Å²) in [5, 5.41) is 3.20. The van der Waals surface area contributed by atoms with Crippen LogP contribution in [0.2, 0.25) is 0 Å². The van der Waals surface area contributed by atoms with E-state index in [1.165, 1.54) is 11.7 Å². The second kappa shape index (κ2) is 7.81. The van der Waals surface area contributed by atoms with Crippen molar-refractivity contribution in [2.45, 2.75) is 26.8 Å². The van der Waals surface area contributed by atoms with Gasteiger partial charge in [0.15, 0.2) is 0 Å². The fourth-order valence-electron chi connectivity index (χ4n) is 2.95. The first kappa shape index (κ1) is 19.6. The number of para-hydroxylation sites is 2. The van der Waals surface area contributed by atoms with Crippen molar-refractivity contribution in [3.8, 4) is 5.75 Å². The van der Waals surface area contributed by atoms with Gasteiger partial charge in [0.1, 0.15) is 16.4 Å². The number of nitrogens with one attached hydrogen (secondary N) is 1. The average Bonchev–Trinajstić information content (AvgIpc) is 2.98. The molecule has 28 heavy (non-hydrogen) atoms. The van der Waals surface area contributed by atoms with Crippen LogP contribution < -0.4 is 21.3 Å². The average molecular weight is 400 g/mol. The molecule has 8 nitrogen and oxygen atoms in total. The number of primary amides is 1. The molecule has 3 aromatic rings. The van der Waals surface area contributed by atoms with Crippen molar-refractivity contribution in [2.24, 2.45) is 5.73 Å². The number of carbonyl (C=O) groups is 2. The summed E-state index contributed by atoms with van der Waals surface area (Å²) in [6.07, 6.45) is 0.0399. The number of fused-ring (bicyclic) bond motifs is 1. The lowest BCUT2D eigenvalue weighted by molar-refractivity contribution is -0.118. The summed E-state index contributed by atoms with van der Waals surface area (Å²) in [4.78, 5) is 42.1. The number of ether oxygens (including phenoxy) is 1. The minimum absolute atomic E-state index is 0.0399. The van der Waals surface area contributed by atoms with Gasteiger partial charge >= 0.3 is 0 Å². The van der Waals surface area contributed by atoms with Crippen LogP contribution in [0.3, 0.4) is 0 Å². The van der Waals surface area contributed by atoms with Crippen LogP contribution in [-0.4, -0.2) is 28.5 Å². The standard InChI is InChI=1S/C19H20N4O4S/c1-10-15-18(21-11(2)23(19(15)26)9-8-14(20)24)28-16(10)17(25)22-12-6-4-5-7-13(12)27-3/h4-7H,8-9H2,1-3H3,(H2,20,24)(H,22,25). The highest BCUT2D eigenvalue weighted by Gasteiger charge is 2.21. The van der Waals surface area contributed by atoms with E-state index >= 15 is 0 Å². The van der Waals surface area contributed by atoms with Crippen molar-refractivity contribution in [1.82, 2.24) is 9.55 Å². The zero-order valence-electron chi connectivity index (χ0n) is 15.7. The Labute approximate surface area is 165 Å². The maximum atomic E-state index is 12.9. The molecule has 2 aromatic heterocycles. The SMILES string of the molecule is COc1ccccc1NC(=O)c1sc2nc(C)n(CCC(N)=O)c(=O)c2c1C. The number of carbonyl (C=O) groups excluding carboxylic acids is 2. The minimum atomic E-state index is -0.495. The molecule has 0 spiro atoms. The molecule has 2 heterocycles. The van der Waals surface area contributed by atoms with Gasteiger partial charge in [0.05, 0.1) is 23.1 Å². The summed E-state index contributed by atoms with van der Waals surface area (Å²) >= 11 is 1.16. The Morgan fingerprint density at radius 3 is 2.68 bits per heavy atom. The van der Waals surface area contributed by atoms with Crippen LogP contribution in [0, 0.1) is 13.8 Å². The van der Waals surface area contributed by atoms with Crippen LogP contribution in [0.15, 0.2) is 29.1 Å². The molecule has 0 saturated heterocycles. The number of aryl methyl sites for hydroxylation is 2. The van der Waals surface area contributed by atoms with E-state index < -0.39 is 5.91 Å². The third-order valence-corrected chi connectivity index (χ3v) is 5.57. The number of rotatable bonds is 6. The van der Waals surface area contributed by atoms with Crippen molar-refractivity contribution in [2.75, 3.05) is 12.4 Å². The van der Waals surface area contributed by atoms with E-state index in [1.54, 1.807) is 38.1 Å². The summed E-state index contributed by atoms with van der Waals surface area (Å²) in [6.45, 7) is 3.55. The van der Waals surface area contributed by atoms with Crippen molar-refractivity contribution in [1.29, 1.82) is 0 Å². The van der Waals surface area contributed by atoms with E-state index in [0.29, 0.717) is 37.9 Å². The Balaban J connectivity index is 2.02. The summed E-state index contributed by atoms with van der Waals surface area (Å²) in [5.41, 5.74) is 5.99. The summed E-state index contributed by atoms with van der Waals surface area (Å²) in [7, 11) is 1.52. The van der Waals surface area contributed by atoms with Gasteiger partial charge in [-0.15, -0.1) is 11.3 Å². The molecule has 0 aliphatic heterocycles. The molecular formula is C19H20N4O4S. The van der Waals surface area contributed by atoms with Crippen LogP contribution in [0.4, 0.5) is 5.69 Å². The van der Waals surface area contributed by atoms with Gasteiger partial charge in [-0.25, -0.2) is 4.98 Å². The van der Waals surface area contributed by atoms with Gasteiger partial charge in [-0.05, 0) is 31.5 Å². The third kappa shape index (κ3) is 3.61. The first-order valence-electron chi connectivity index (χ1n) is 8.56. The van der Waals surface area contributed by atoms with Gasteiger partial charge in [-0.2, -0.15) is 0 Å². The van der Waals surface area contributed by atoms with Gasteiger partial charge in [0.2, 0.25) is 5.91 Å². The van der Waals surface area contributed by atoms with Gasteiger partial charge in [-0.1, -0.05) is 12.1 Å². The van der Waals surface area contributed by atoms with Gasteiger partial charge in [0, 0.05) is 13.0 Å². The Morgan fingerprint density at radius 2 is 2.00 bits per heavy atom. The van der Waals surface area contributed by atoms with Crippen LogP contribution in [-0.2, 0) is 11.3 Å². The van der Waals surface area contributed by atoms with E-state index in [4.69, 9.17) is 10.5 Å². The molecule has 9 heteroatoms. The zero-order chi connectivity index (χ0) is 20.4. The molecule has 0 saturated carbocycles. The van der Waals surface area contributed by atoms with E-state index in [-0.39, 0.29) is 24.4 Å². The highest BCUT2D eigenvalue weighted by atomic mass is 32.1. The highest BCUT2D eigenvalue weighted by Crippen LogP contribution is 2.30. The molecule has 0 aliphatic rings. The second-order valence-corrected chi connectivity index (χ2v) is 7.22. The van der Waals surface area contributed by atoms with Gasteiger partial charge in [0.25, 0.3) is 11.5 Å². The maximum Gasteiger partial charge on any atom is 0.266 e. The number of nitrogens with zero attached hydrogens (tertiary/aromatic N) is 2. The normalized spacial score (nSPS) is 10.8. The smallest absolute Gasteiger partial charge is 0.266 e. The Hall–Kier alpha value is -3.20. The van der Waals surface area contributed by atoms with Crippen molar-refractivity contribution >= 4 is 39.1 Å². The lowest BCUT2D eigenvalue weighted by Gasteiger charge is -2.09. The molecule has 3 rings (SSSR count). The second-order valence-electron chi connectivity index (χ2n) is 6.22.